The van der Waals surface area contributed by atoms with Crippen molar-refractivity contribution in [1.82, 2.24) is 14.9 Å². The van der Waals surface area contributed by atoms with Crippen LogP contribution in [0.5, 0.6) is 17.5 Å². The summed E-state index contributed by atoms with van der Waals surface area (Å²) in [6, 6.07) is 7.70. The fraction of sp³-hybridized carbons (Fsp3) is 0.421. The molecule has 1 aliphatic rings. The van der Waals surface area contributed by atoms with Gasteiger partial charge in [0.15, 0.2) is 11.5 Å². The lowest BCUT2D eigenvalue weighted by molar-refractivity contribution is -0.132. The van der Waals surface area contributed by atoms with Crippen LogP contribution in [0.3, 0.4) is 0 Å². The molecule has 26 heavy (non-hydrogen) atoms. The van der Waals surface area contributed by atoms with Gasteiger partial charge in [0, 0.05) is 38.3 Å². The molecular weight excluding hydrogens is 334 g/mol. The van der Waals surface area contributed by atoms with E-state index in [1.807, 2.05) is 23.1 Å². The van der Waals surface area contributed by atoms with Crippen molar-refractivity contribution in [3.63, 3.8) is 0 Å². The van der Waals surface area contributed by atoms with E-state index in [1.165, 1.54) is 0 Å². The van der Waals surface area contributed by atoms with E-state index in [9.17, 15) is 4.79 Å². The lowest BCUT2D eigenvalue weighted by Crippen LogP contribution is -2.42. The Morgan fingerprint density at radius 3 is 2.46 bits per heavy atom. The van der Waals surface area contributed by atoms with E-state index >= 15 is 0 Å². The van der Waals surface area contributed by atoms with Crippen molar-refractivity contribution in [3.05, 3.63) is 42.2 Å². The second-order valence-corrected chi connectivity index (χ2v) is 6.10. The largest absolute Gasteiger partial charge is 0.493 e. The molecule has 2 heterocycles. The Hall–Kier alpha value is -2.83. The van der Waals surface area contributed by atoms with Crippen LogP contribution in [0.1, 0.15) is 18.4 Å². The van der Waals surface area contributed by atoms with E-state index in [-0.39, 0.29) is 12.0 Å². The van der Waals surface area contributed by atoms with E-state index in [0.717, 1.165) is 18.4 Å². The number of amides is 1. The first-order valence-corrected chi connectivity index (χ1v) is 8.62. The first-order valence-electron chi connectivity index (χ1n) is 8.62. The minimum atomic E-state index is 0.0440. The average Bonchev–Trinajstić information content (AvgIpc) is 2.69. The molecule has 0 spiro atoms. The normalized spacial score (nSPS) is 14.8. The highest BCUT2D eigenvalue weighted by atomic mass is 16.5. The molecule has 1 aromatic heterocycles. The predicted molar refractivity (Wildman–Crippen MR) is 95.5 cm³/mol. The van der Waals surface area contributed by atoms with E-state index in [4.69, 9.17) is 14.2 Å². The number of rotatable bonds is 6. The van der Waals surface area contributed by atoms with Crippen LogP contribution < -0.4 is 14.2 Å². The van der Waals surface area contributed by atoms with Crippen molar-refractivity contribution < 1.29 is 19.0 Å². The number of hydrogen-bond acceptors (Lipinski definition) is 6. The summed E-state index contributed by atoms with van der Waals surface area (Å²) in [6.45, 7) is 1.34. The van der Waals surface area contributed by atoms with Gasteiger partial charge in [0.25, 0.3) is 0 Å². The Kier molecular flexibility index (Phi) is 5.88. The summed E-state index contributed by atoms with van der Waals surface area (Å²) < 4.78 is 16.3. The van der Waals surface area contributed by atoms with Crippen molar-refractivity contribution in [2.75, 3.05) is 27.3 Å². The van der Waals surface area contributed by atoms with Crippen LogP contribution in [-0.4, -0.2) is 54.2 Å². The molecule has 7 nitrogen and oxygen atoms in total. The third-order valence-corrected chi connectivity index (χ3v) is 4.41. The summed E-state index contributed by atoms with van der Waals surface area (Å²) in [7, 11) is 3.18. The number of carbonyl (C=O) groups is 1. The van der Waals surface area contributed by atoms with Crippen molar-refractivity contribution in [2.24, 2.45) is 0 Å². The zero-order valence-electron chi connectivity index (χ0n) is 15.1. The molecule has 3 rings (SSSR count). The van der Waals surface area contributed by atoms with Crippen LogP contribution in [-0.2, 0) is 11.2 Å². The Morgan fingerprint density at radius 1 is 1.12 bits per heavy atom. The number of aromatic nitrogens is 2. The third kappa shape index (κ3) is 4.41. The van der Waals surface area contributed by atoms with Gasteiger partial charge in [0.2, 0.25) is 5.91 Å². The number of benzene rings is 1. The summed E-state index contributed by atoms with van der Waals surface area (Å²) in [4.78, 5) is 22.6. The van der Waals surface area contributed by atoms with Gasteiger partial charge in [-0.15, -0.1) is 0 Å². The third-order valence-electron chi connectivity index (χ3n) is 4.41. The molecule has 0 N–H and O–H groups in total. The summed E-state index contributed by atoms with van der Waals surface area (Å²) in [5.41, 5.74) is 0.906. The molecule has 0 radical (unpaired) electrons. The van der Waals surface area contributed by atoms with E-state index in [1.54, 1.807) is 32.7 Å². The molecule has 1 fully saturated rings. The van der Waals surface area contributed by atoms with Crippen LogP contribution in [0.2, 0.25) is 0 Å². The molecule has 7 heteroatoms. The highest BCUT2D eigenvalue weighted by Gasteiger charge is 2.24. The van der Waals surface area contributed by atoms with Crippen LogP contribution in [0, 0.1) is 0 Å². The fourth-order valence-electron chi connectivity index (χ4n) is 3.00. The maximum atomic E-state index is 12.6. The Morgan fingerprint density at radius 2 is 1.81 bits per heavy atom. The van der Waals surface area contributed by atoms with Gasteiger partial charge in [-0.1, -0.05) is 6.07 Å². The SMILES string of the molecule is COc1ccc(CC(=O)N2CCC(Oc3ncccn3)CC2)cc1OC. The predicted octanol–water partition coefficient (Wildman–Crippen LogP) is 2.11. The first kappa shape index (κ1) is 18.0. The second-order valence-electron chi connectivity index (χ2n) is 6.10. The van der Waals surface area contributed by atoms with Gasteiger partial charge in [-0.05, 0) is 23.8 Å². The molecule has 138 valence electrons. The van der Waals surface area contributed by atoms with Gasteiger partial charge >= 0.3 is 6.01 Å². The number of piperidine rings is 1. The lowest BCUT2D eigenvalue weighted by Gasteiger charge is -2.31. The smallest absolute Gasteiger partial charge is 0.316 e. The van der Waals surface area contributed by atoms with Crippen LogP contribution in [0.15, 0.2) is 36.7 Å². The molecule has 1 aromatic carbocycles. The van der Waals surface area contributed by atoms with Gasteiger partial charge < -0.3 is 19.1 Å². The number of ether oxygens (including phenoxy) is 3. The molecule has 0 atom stereocenters. The molecule has 0 aliphatic carbocycles. The number of methoxy groups -OCH3 is 2. The molecule has 1 amide bonds. The van der Waals surface area contributed by atoms with Crippen molar-refractivity contribution in [1.29, 1.82) is 0 Å². The topological polar surface area (TPSA) is 73.8 Å². The number of hydrogen-bond donors (Lipinski definition) is 0. The molecule has 1 aliphatic heterocycles. The first-order chi connectivity index (χ1) is 12.7. The number of carbonyl (C=O) groups excluding carboxylic acids is 1. The maximum Gasteiger partial charge on any atom is 0.316 e. The maximum absolute atomic E-state index is 12.6. The number of likely N-dealkylation sites (tertiary alicyclic amines) is 1. The van der Waals surface area contributed by atoms with E-state index in [0.29, 0.717) is 37.0 Å². The molecule has 0 unspecified atom stereocenters. The zero-order chi connectivity index (χ0) is 18.4. The Labute approximate surface area is 152 Å². The standard InChI is InChI=1S/C19H23N3O4/c1-24-16-5-4-14(12-17(16)25-2)13-18(23)22-10-6-15(7-11-22)26-19-20-8-3-9-21-19/h3-5,8-9,12,15H,6-7,10-11,13H2,1-2H3. The molecular formula is C19H23N3O4. The average molecular weight is 357 g/mol. The lowest BCUT2D eigenvalue weighted by atomic mass is 10.1. The fourth-order valence-corrected chi connectivity index (χ4v) is 3.00. The Balaban J connectivity index is 1.52. The van der Waals surface area contributed by atoms with Crippen molar-refractivity contribution in [3.8, 4) is 17.5 Å². The highest BCUT2D eigenvalue weighted by molar-refractivity contribution is 5.79. The van der Waals surface area contributed by atoms with Gasteiger partial charge in [-0.3, -0.25) is 4.79 Å². The zero-order valence-corrected chi connectivity index (χ0v) is 15.1. The number of nitrogens with zero attached hydrogens (tertiary/aromatic N) is 3. The van der Waals surface area contributed by atoms with Gasteiger partial charge in [0.1, 0.15) is 6.10 Å². The van der Waals surface area contributed by atoms with Gasteiger partial charge in [-0.2, -0.15) is 0 Å². The summed E-state index contributed by atoms with van der Waals surface area (Å²) >= 11 is 0. The minimum absolute atomic E-state index is 0.0440. The Bertz CT molecular complexity index is 731. The van der Waals surface area contributed by atoms with E-state index in [2.05, 4.69) is 9.97 Å². The van der Waals surface area contributed by atoms with Crippen molar-refractivity contribution in [2.45, 2.75) is 25.4 Å². The quantitative estimate of drug-likeness (QED) is 0.788. The molecule has 0 saturated carbocycles. The van der Waals surface area contributed by atoms with Gasteiger partial charge in [0.05, 0.1) is 20.6 Å². The second kappa shape index (κ2) is 8.51. The monoisotopic (exact) mass is 357 g/mol. The van der Waals surface area contributed by atoms with Crippen LogP contribution in [0.25, 0.3) is 0 Å². The molecule has 2 aromatic rings. The molecule has 0 bridgehead atoms. The minimum Gasteiger partial charge on any atom is -0.493 e. The summed E-state index contributed by atoms with van der Waals surface area (Å²) in [5.74, 6) is 1.39. The summed E-state index contributed by atoms with van der Waals surface area (Å²) in [5, 5.41) is 0. The van der Waals surface area contributed by atoms with Gasteiger partial charge in [-0.25, -0.2) is 9.97 Å². The van der Waals surface area contributed by atoms with E-state index < -0.39 is 0 Å². The molecule has 1 saturated heterocycles. The van der Waals surface area contributed by atoms with Crippen LogP contribution in [0.4, 0.5) is 0 Å². The highest BCUT2D eigenvalue weighted by Crippen LogP contribution is 2.28. The van der Waals surface area contributed by atoms with Crippen LogP contribution >= 0.6 is 0 Å². The van der Waals surface area contributed by atoms with Crippen molar-refractivity contribution >= 4 is 5.91 Å². The summed E-state index contributed by atoms with van der Waals surface area (Å²) in [6.07, 6.45) is 5.25.